The lowest BCUT2D eigenvalue weighted by Gasteiger charge is -2.21. The lowest BCUT2D eigenvalue weighted by Crippen LogP contribution is -2.28. The third-order valence-corrected chi connectivity index (χ3v) is 3.95. The minimum atomic E-state index is -0.348. The molecule has 1 unspecified atom stereocenters. The minimum absolute atomic E-state index is 0.00447. The van der Waals surface area contributed by atoms with Crippen LogP contribution in [-0.2, 0) is 4.74 Å². The molecule has 3 rings (SSSR count). The normalized spacial score (nSPS) is 19.8. The van der Waals surface area contributed by atoms with Gasteiger partial charge >= 0.3 is 0 Å². The predicted octanol–water partition coefficient (Wildman–Crippen LogP) is 4.23. The second-order valence-electron chi connectivity index (χ2n) is 4.73. The van der Waals surface area contributed by atoms with E-state index in [1.807, 2.05) is 0 Å². The lowest BCUT2D eigenvalue weighted by molar-refractivity contribution is 0.0188. The van der Waals surface area contributed by atoms with Gasteiger partial charge in [0.25, 0.3) is 0 Å². The molecule has 0 saturated carbocycles. The molecule has 0 radical (unpaired) electrons. The van der Waals surface area contributed by atoms with Crippen LogP contribution in [0, 0.1) is 0 Å². The van der Waals surface area contributed by atoms with Crippen molar-refractivity contribution >= 4 is 39.9 Å². The standard InChI is InChI=1S/C14H13Cl2NO2/c15-8-5-10(16)13-9(7-17-11(13)6-8)14(18)12-3-1-2-4-19-12/h5-7,12,17H,1-4H2. The summed E-state index contributed by atoms with van der Waals surface area (Å²) in [5, 5.41) is 1.76. The zero-order valence-corrected chi connectivity index (χ0v) is 11.7. The van der Waals surface area contributed by atoms with Gasteiger partial charge in [0, 0.05) is 34.3 Å². The van der Waals surface area contributed by atoms with Gasteiger partial charge < -0.3 is 9.72 Å². The number of halogens is 2. The third-order valence-electron chi connectivity index (χ3n) is 3.43. The molecule has 1 fully saturated rings. The average Bonchev–Trinajstić information content (AvgIpc) is 2.83. The molecule has 19 heavy (non-hydrogen) atoms. The third kappa shape index (κ3) is 2.38. The maximum absolute atomic E-state index is 12.5. The van der Waals surface area contributed by atoms with Gasteiger partial charge in [-0.25, -0.2) is 0 Å². The number of nitrogens with one attached hydrogen (secondary N) is 1. The number of carbonyl (C=O) groups is 1. The molecule has 1 aliphatic heterocycles. The summed E-state index contributed by atoms with van der Waals surface area (Å²) in [6, 6.07) is 3.42. The molecule has 1 N–H and O–H groups in total. The Morgan fingerprint density at radius 3 is 2.89 bits per heavy atom. The van der Waals surface area contributed by atoms with Crippen LogP contribution in [0.1, 0.15) is 29.6 Å². The Morgan fingerprint density at radius 1 is 1.32 bits per heavy atom. The van der Waals surface area contributed by atoms with E-state index in [2.05, 4.69) is 4.98 Å². The van der Waals surface area contributed by atoms with Crippen molar-refractivity contribution in [3.8, 4) is 0 Å². The highest BCUT2D eigenvalue weighted by molar-refractivity contribution is 6.39. The van der Waals surface area contributed by atoms with E-state index in [-0.39, 0.29) is 11.9 Å². The number of aromatic nitrogens is 1. The Balaban J connectivity index is 2.03. The van der Waals surface area contributed by atoms with E-state index >= 15 is 0 Å². The highest BCUT2D eigenvalue weighted by atomic mass is 35.5. The molecule has 0 bridgehead atoms. The Morgan fingerprint density at radius 2 is 2.16 bits per heavy atom. The molecule has 1 saturated heterocycles. The Hall–Kier alpha value is -1.03. The Bertz CT molecular complexity index is 630. The van der Waals surface area contributed by atoms with Gasteiger partial charge in [-0.05, 0) is 31.4 Å². The summed E-state index contributed by atoms with van der Waals surface area (Å²) in [7, 11) is 0. The van der Waals surface area contributed by atoms with Crippen molar-refractivity contribution in [3.63, 3.8) is 0 Å². The molecule has 100 valence electrons. The summed E-state index contributed by atoms with van der Waals surface area (Å²) in [6.07, 6.45) is 4.16. The molecule has 5 heteroatoms. The summed E-state index contributed by atoms with van der Waals surface area (Å²) in [5.41, 5.74) is 1.36. The fourth-order valence-corrected chi connectivity index (χ4v) is 3.09. The number of aromatic amines is 1. The van der Waals surface area contributed by atoms with E-state index < -0.39 is 0 Å². The summed E-state index contributed by atoms with van der Waals surface area (Å²) in [5.74, 6) is -0.00447. The monoisotopic (exact) mass is 297 g/mol. The number of carbonyl (C=O) groups excluding carboxylic acids is 1. The molecular formula is C14H13Cl2NO2. The zero-order chi connectivity index (χ0) is 13.4. The van der Waals surface area contributed by atoms with Crippen LogP contribution >= 0.6 is 23.2 Å². The van der Waals surface area contributed by atoms with E-state index in [4.69, 9.17) is 27.9 Å². The summed E-state index contributed by atoms with van der Waals surface area (Å²) in [4.78, 5) is 15.5. The van der Waals surface area contributed by atoms with Gasteiger partial charge in [0.05, 0.1) is 5.02 Å². The van der Waals surface area contributed by atoms with Gasteiger partial charge in [0.1, 0.15) is 6.10 Å². The van der Waals surface area contributed by atoms with Crippen molar-refractivity contribution in [3.05, 3.63) is 33.9 Å². The van der Waals surface area contributed by atoms with E-state index in [1.165, 1.54) is 0 Å². The average molecular weight is 298 g/mol. The molecule has 1 aromatic heterocycles. The molecule has 0 amide bonds. The van der Waals surface area contributed by atoms with E-state index in [9.17, 15) is 4.79 Å². The highest BCUT2D eigenvalue weighted by Gasteiger charge is 2.26. The van der Waals surface area contributed by atoms with Crippen molar-refractivity contribution in [2.24, 2.45) is 0 Å². The van der Waals surface area contributed by atoms with Crippen molar-refractivity contribution in [1.29, 1.82) is 0 Å². The van der Waals surface area contributed by atoms with Crippen LogP contribution < -0.4 is 0 Å². The number of hydrogen-bond acceptors (Lipinski definition) is 2. The summed E-state index contributed by atoms with van der Waals surface area (Å²) in [6.45, 7) is 0.651. The van der Waals surface area contributed by atoms with Gasteiger partial charge in [0.2, 0.25) is 0 Å². The predicted molar refractivity (Wildman–Crippen MR) is 76.2 cm³/mol. The van der Waals surface area contributed by atoms with Crippen molar-refractivity contribution < 1.29 is 9.53 Å². The van der Waals surface area contributed by atoms with E-state index in [0.717, 1.165) is 30.2 Å². The minimum Gasteiger partial charge on any atom is -0.370 e. The lowest BCUT2D eigenvalue weighted by atomic mass is 9.99. The van der Waals surface area contributed by atoms with Crippen molar-refractivity contribution in [2.45, 2.75) is 25.4 Å². The summed E-state index contributed by atoms with van der Waals surface area (Å²) >= 11 is 12.1. The molecule has 1 aliphatic rings. The summed E-state index contributed by atoms with van der Waals surface area (Å²) < 4.78 is 5.54. The maximum atomic E-state index is 12.5. The highest BCUT2D eigenvalue weighted by Crippen LogP contribution is 2.32. The second-order valence-corrected chi connectivity index (χ2v) is 5.58. The molecule has 0 spiro atoms. The Kier molecular flexibility index (Phi) is 3.52. The number of ketones is 1. The van der Waals surface area contributed by atoms with Crippen LogP contribution in [0.5, 0.6) is 0 Å². The van der Waals surface area contributed by atoms with Crippen LogP contribution in [0.15, 0.2) is 18.3 Å². The van der Waals surface area contributed by atoms with Gasteiger partial charge in [-0.15, -0.1) is 0 Å². The zero-order valence-electron chi connectivity index (χ0n) is 10.2. The van der Waals surface area contributed by atoms with Gasteiger partial charge in [-0.1, -0.05) is 23.2 Å². The van der Waals surface area contributed by atoms with Crippen LogP contribution in [-0.4, -0.2) is 23.5 Å². The van der Waals surface area contributed by atoms with Crippen molar-refractivity contribution in [2.75, 3.05) is 6.61 Å². The molecule has 0 aliphatic carbocycles. The number of benzene rings is 1. The molecular weight excluding hydrogens is 285 g/mol. The van der Waals surface area contributed by atoms with Crippen LogP contribution in [0.25, 0.3) is 10.9 Å². The number of hydrogen-bond donors (Lipinski definition) is 1. The topological polar surface area (TPSA) is 42.1 Å². The number of ether oxygens (including phenoxy) is 1. The van der Waals surface area contributed by atoms with Gasteiger partial charge in [0.15, 0.2) is 5.78 Å². The first kappa shape index (κ1) is 13.0. The molecule has 3 nitrogen and oxygen atoms in total. The maximum Gasteiger partial charge on any atom is 0.193 e. The molecule has 2 heterocycles. The van der Waals surface area contributed by atoms with Crippen LogP contribution in [0.3, 0.4) is 0 Å². The first-order valence-electron chi connectivity index (χ1n) is 6.29. The molecule has 2 aromatic rings. The number of rotatable bonds is 2. The first-order chi connectivity index (χ1) is 9.16. The van der Waals surface area contributed by atoms with Crippen LogP contribution in [0.4, 0.5) is 0 Å². The quantitative estimate of drug-likeness (QED) is 0.843. The van der Waals surface area contributed by atoms with Gasteiger partial charge in [-0.3, -0.25) is 4.79 Å². The van der Waals surface area contributed by atoms with E-state index in [0.29, 0.717) is 22.2 Å². The first-order valence-corrected chi connectivity index (χ1v) is 7.04. The fourth-order valence-electron chi connectivity index (χ4n) is 2.50. The second kappa shape index (κ2) is 5.16. The Labute approximate surface area is 120 Å². The largest absolute Gasteiger partial charge is 0.370 e. The van der Waals surface area contributed by atoms with E-state index in [1.54, 1.807) is 18.3 Å². The molecule has 1 atom stereocenters. The smallest absolute Gasteiger partial charge is 0.193 e. The van der Waals surface area contributed by atoms with Gasteiger partial charge in [-0.2, -0.15) is 0 Å². The van der Waals surface area contributed by atoms with Crippen LogP contribution in [0.2, 0.25) is 10.0 Å². The molecule has 1 aromatic carbocycles. The number of H-pyrrole nitrogens is 1. The number of Topliss-reactive ketones (excluding diaryl/α,β-unsaturated/α-hetero) is 1. The fraction of sp³-hybridized carbons (Fsp3) is 0.357. The number of fused-ring (bicyclic) bond motifs is 1. The van der Waals surface area contributed by atoms with Crippen molar-refractivity contribution in [1.82, 2.24) is 4.98 Å². The SMILES string of the molecule is O=C(c1c[nH]c2cc(Cl)cc(Cl)c12)C1CCCCO1.